The summed E-state index contributed by atoms with van der Waals surface area (Å²) in [6.07, 6.45) is 18.1. The van der Waals surface area contributed by atoms with Gasteiger partial charge in [0.2, 0.25) is 6.04 Å². The van der Waals surface area contributed by atoms with Crippen LogP contribution in [0.15, 0.2) is 36.4 Å². The summed E-state index contributed by atoms with van der Waals surface area (Å²) < 4.78 is 10.5. The summed E-state index contributed by atoms with van der Waals surface area (Å²) in [5.74, 6) is -2.41. The smallest absolute Gasteiger partial charge is 0.338 e. The third kappa shape index (κ3) is 14.5. The Labute approximate surface area is 282 Å². The van der Waals surface area contributed by atoms with Crippen molar-refractivity contribution in [3.8, 4) is 0 Å². The molecule has 0 aliphatic rings. The number of ether oxygens (including phenoxy) is 2. The number of nitro benzene ring substituents is 1. The summed E-state index contributed by atoms with van der Waals surface area (Å²) in [4.78, 5) is 49.4. The fourth-order valence-electron chi connectivity index (χ4n) is 5.02. The molecule has 2 rings (SSSR count). The van der Waals surface area contributed by atoms with Crippen LogP contribution in [0.2, 0.25) is 5.02 Å². The lowest BCUT2D eigenvalue weighted by atomic mass is 10.0. The number of nitrogens with zero attached hydrogens (tertiary/aromatic N) is 1. The number of esters is 2. The number of anilines is 2. The lowest BCUT2D eigenvalue weighted by Gasteiger charge is -2.19. The molecule has 258 valence electrons. The predicted octanol–water partition coefficient (Wildman–Crippen LogP) is 8.87. The first-order valence-electron chi connectivity index (χ1n) is 16.7. The molecule has 3 N–H and O–H groups in total. The van der Waals surface area contributed by atoms with E-state index in [1.165, 1.54) is 101 Å². The Bertz CT molecular complexity index is 1320. The fourth-order valence-corrected chi connectivity index (χ4v) is 5.18. The second kappa shape index (κ2) is 22.5. The van der Waals surface area contributed by atoms with Gasteiger partial charge in [-0.15, -0.1) is 0 Å². The van der Waals surface area contributed by atoms with Crippen LogP contribution in [0.3, 0.4) is 0 Å². The van der Waals surface area contributed by atoms with Crippen molar-refractivity contribution in [2.24, 2.45) is 0 Å². The number of rotatable bonds is 24. The molecule has 12 heteroatoms. The van der Waals surface area contributed by atoms with E-state index in [1.807, 2.05) is 0 Å². The average molecular weight is 673 g/mol. The van der Waals surface area contributed by atoms with Gasteiger partial charge in [-0.2, -0.15) is 0 Å². The number of non-ortho nitro benzene ring substituents is 1. The van der Waals surface area contributed by atoms with Crippen LogP contribution in [0, 0.1) is 15.5 Å². The van der Waals surface area contributed by atoms with Gasteiger partial charge < -0.3 is 25.5 Å². The zero-order valence-electron chi connectivity index (χ0n) is 27.6. The van der Waals surface area contributed by atoms with E-state index >= 15 is 0 Å². The van der Waals surface area contributed by atoms with Gasteiger partial charge in [0.25, 0.3) is 11.6 Å². The van der Waals surface area contributed by atoms with Gasteiger partial charge in [-0.3, -0.25) is 14.9 Å². The standard InChI is InChI=1S/C35H49ClN4O7/c1-3-5-6-7-8-9-10-11-12-13-14-15-16-17-22-47-34(42)26-19-21-29(36)31(23-26)39-33(41)32(35(43)46-4-2)38-30-24-28(40(44)45)20-18-27(30)25-37/h18-21,23-25,32,37-38H,3-17,22H2,1-2H3,(H,39,41). The van der Waals surface area contributed by atoms with Crippen LogP contribution in [-0.2, 0) is 19.1 Å². The molecule has 0 saturated carbocycles. The maximum atomic E-state index is 13.3. The van der Waals surface area contributed by atoms with Crippen LogP contribution in [0.5, 0.6) is 0 Å². The zero-order chi connectivity index (χ0) is 34.4. The van der Waals surface area contributed by atoms with Gasteiger partial charge in [0.05, 0.1) is 40.1 Å². The van der Waals surface area contributed by atoms with Gasteiger partial charge in [-0.25, -0.2) is 9.59 Å². The number of halogens is 1. The molecule has 0 aliphatic carbocycles. The number of benzene rings is 2. The maximum Gasteiger partial charge on any atom is 0.338 e. The van der Waals surface area contributed by atoms with E-state index in [0.717, 1.165) is 31.5 Å². The first-order chi connectivity index (χ1) is 22.7. The Morgan fingerprint density at radius 2 is 1.45 bits per heavy atom. The van der Waals surface area contributed by atoms with Crippen LogP contribution < -0.4 is 10.6 Å². The predicted molar refractivity (Wildman–Crippen MR) is 186 cm³/mol. The monoisotopic (exact) mass is 672 g/mol. The van der Waals surface area contributed by atoms with E-state index in [0.29, 0.717) is 0 Å². The van der Waals surface area contributed by atoms with Crippen molar-refractivity contribution in [3.05, 3.63) is 62.7 Å². The Balaban J connectivity index is 1.86. The first-order valence-corrected chi connectivity index (χ1v) is 17.1. The molecule has 0 fully saturated rings. The number of amides is 1. The summed E-state index contributed by atoms with van der Waals surface area (Å²) >= 11 is 6.29. The minimum Gasteiger partial charge on any atom is -0.464 e. The van der Waals surface area contributed by atoms with Gasteiger partial charge >= 0.3 is 11.9 Å². The van der Waals surface area contributed by atoms with E-state index in [4.69, 9.17) is 26.5 Å². The number of carbonyl (C=O) groups excluding carboxylic acids is 3. The van der Waals surface area contributed by atoms with Crippen LogP contribution in [0.1, 0.15) is 120 Å². The first kappa shape index (κ1) is 39.2. The molecule has 0 aromatic heterocycles. The van der Waals surface area contributed by atoms with Crippen LogP contribution in [0.25, 0.3) is 0 Å². The minimum atomic E-state index is -1.65. The number of hydrogen-bond donors (Lipinski definition) is 3. The average Bonchev–Trinajstić information content (AvgIpc) is 3.06. The molecule has 0 saturated heterocycles. The SMILES string of the molecule is CCCCCCCCCCCCCCCCOC(=O)c1ccc(Cl)c(NC(=O)C(Nc2cc([N+](=O)[O-])ccc2C=N)C(=O)OCC)c1. The van der Waals surface area contributed by atoms with E-state index < -0.39 is 28.8 Å². The maximum absolute atomic E-state index is 13.3. The molecule has 47 heavy (non-hydrogen) atoms. The van der Waals surface area contributed by atoms with Crippen LogP contribution in [-0.4, -0.2) is 48.2 Å². The molecule has 0 aliphatic heterocycles. The van der Waals surface area contributed by atoms with Crippen molar-refractivity contribution in [1.82, 2.24) is 0 Å². The van der Waals surface area contributed by atoms with E-state index in [1.54, 1.807) is 6.92 Å². The van der Waals surface area contributed by atoms with Gasteiger partial charge in [0.1, 0.15) is 0 Å². The topological polar surface area (TPSA) is 161 Å². The number of nitro groups is 1. The quantitative estimate of drug-likeness (QED) is 0.0249. The van der Waals surface area contributed by atoms with Crippen molar-refractivity contribution in [2.75, 3.05) is 23.8 Å². The highest BCUT2D eigenvalue weighted by Gasteiger charge is 2.30. The Morgan fingerprint density at radius 3 is 2.00 bits per heavy atom. The molecule has 0 spiro atoms. The Kier molecular flexibility index (Phi) is 18.8. The van der Waals surface area contributed by atoms with Gasteiger partial charge in [-0.05, 0) is 37.6 Å². The Morgan fingerprint density at radius 1 is 0.851 bits per heavy atom. The molecule has 0 heterocycles. The zero-order valence-corrected chi connectivity index (χ0v) is 28.4. The van der Waals surface area contributed by atoms with Gasteiger partial charge in [0.15, 0.2) is 0 Å². The molecule has 1 unspecified atom stereocenters. The van der Waals surface area contributed by atoms with Gasteiger partial charge in [0, 0.05) is 23.9 Å². The van der Waals surface area contributed by atoms with Crippen molar-refractivity contribution in [2.45, 2.75) is 110 Å². The lowest BCUT2D eigenvalue weighted by molar-refractivity contribution is -0.384. The number of carbonyl (C=O) groups is 3. The van der Waals surface area contributed by atoms with Crippen molar-refractivity contribution < 1.29 is 28.8 Å². The third-order valence-corrected chi connectivity index (χ3v) is 8.01. The van der Waals surface area contributed by atoms with E-state index in [2.05, 4.69) is 17.6 Å². The number of hydrogen-bond acceptors (Lipinski definition) is 9. The molecule has 2 aromatic rings. The molecule has 1 amide bonds. The van der Waals surface area contributed by atoms with E-state index in [-0.39, 0.29) is 46.4 Å². The second-order valence-corrected chi connectivity index (χ2v) is 11.8. The summed E-state index contributed by atoms with van der Waals surface area (Å²) in [6.45, 7) is 4.05. The highest BCUT2D eigenvalue weighted by molar-refractivity contribution is 6.34. The lowest BCUT2D eigenvalue weighted by Crippen LogP contribution is -2.42. The summed E-state index contributed by atoms with van der Waals surface area (Å²) in [5, 5.41) is 24.2. The van der Waals surface area contributed by atoms with Crippen molar-refractivity contribution >= 4 is 52.7 Å². The van der Waals surface area contributed by atoms with Gasteiger partial charge in [-0.1, -0.05) is 102 Å². The van der Waals surface area contributed by atoms with Crippen molar-refractivity contribution in [3.63, 3.8) is 0 Å². The second-order valence-electron chi connectivity index (χ2n) is 11.4. The van der Waals surface area contributed by atoms with E-state index in [9.17, 15) is 24.5 Å². The third-order valence-electron chi connectivity index (χ3n) is 7.68. The molecule has 11 nitrogen and oxygen atoms in total. The van der Waals surface area contributed by atoms with Crippen LogP contribution >= 0.6 is 11.6 Å². The molecular weight excluding hydrogens is 624 g/mol. The molecular formula is C35H49ClN4O7. The van der Waals surface area contributed by atoms with Crippen LogP contribution in [0.4, 0.5) is 17.1 Å². The summed E-state index contributed by atoms with van der Waals surface area (Å²) in [6, 6.07) is 6.25. The molecule has 2 aromatic carbocycles. The number of unbranched alkanes of at least 4 members (excludes halogenated alkanes) is 13. The molecule has 1 atom stereocenters. The highest BCUT2D eigenvalue weighted by atomic mass is 35.5. The summed E-state index contributed by atoms with van der Waals surface area (Å²) in [7, 11) is 0. The fraction of sp³-hybridized carbons (Fsp3) is 0.543. The van der Waals surface area contributed by atoms with Crippen molar-refractivity contribution in [1.29, 1.82) is 5.41 Å². The largest absolute Gasteiger partial charge is 0.464 e. The highest BCUT2D eigenvalue weighted by Crippen LogP contribution is 2.26. The summed E-state index contributed by atoms with van der Waals surface area (Å²) in [5.41, 5.74) is 0.142. The number of nitrogens with one attached hydrogen (secondary N) is 3. The Hall–Kier alpha value is -3.99. The molecule has 0 bridgehead atoms. The molecule has 0 radical (unpaired) electrons. The minimum absolute atomic E-state index is 0.00864. The normalized spacial score (nSPS) is 11.4.